The zero-order valence-electron chi connectivity index (χ0n) is 11.8. The van der Waals surface area contributed by atoms with Crippen molar-refractivity contribution in [3.05, 3.63) is 23.8 Å². The molecule has 0 radical (unpaired) electrons. The SMILES string of the molecule is COc1ccc(C(=O)N2CCC(CN)C2)cc1OC.Cl. The van der Waals surface area contributed by atoms with Gasteiger partial charge in [0.15, 0.2) is 11.5 Å². The van der Waals surface area contributed by atoms with Crippen molar-refractivity contribution in [2.75, 3.05) is 33.9 Å². The van der Waals surface area contributed by atoms with Crippen LogP contribution >= 0.6 is 12.4 Å². The van der Waals surface area contributed by atoms with Crippen molar-refractivity contribution in [2.24, 2.45) is 11.7 Å². The Bertz CT molecular complexity index is 468. The molecule has 0 saturated carbocycles. The third-order valence-corrected chi connectivity index (χ3v) is 3.54. The highest BCUT2D eigenvalue weighted by atomic mass is 35.5. The van der Waals surface area contributed by atoms with E-state index in [1.165, 1.54) is 0 Å². The van der Waals surface area contributed by atoms with E-state index in [-0.39, 0.29) is 18.3 Å². The summed E-state index contributed by atoms with van der Waals surface area (Å²) >= 11 is 0. The summed E-state index contributed by atoms with van der Waals surface area (Å²) in [7, 11) is 3.14. The number of halogens is 1. The topological polar surface area (TPSA) is 64.8 Å². The van der Waals surface area contributed by atoms with E-state index >= 15 is 0 Å². The summed E-state index contributed by atoms with van der Waals surface area (Å²) in [5, 5.41) is 0. The summed E-state index contributed by atoms with van der Waals surface area (Å²) in [5.74, 6) is 1.64. The first kappa shape index (κ1) is 16.6. The Morgan fingerprint density at radius 3 is 2.60 bits per heavy atom. The van der Waals surface area contributed by atoms with Crippen LogP contribution in [0.25, 0.3) is 0 Å². The number of hydrogen-bond donors (Lipinski definition) is 1. The molecule has 20 heavy (non-hydrogen) atoms. The highest BCUT2D eigenvalue weighted by molar-refractivity contribution is 5.95. The van der Waals surface area contributed by atoms with Crippen molar-refractivity contribution >= 4 is 18.3 Å². The molecule has 1 amide bonds. The molecule has 1 heterocycles. The first-order valence-corrected chi connectivity index (χ1v) is 6.41. The minimum absolute atomic E-state index is 0. The van der Waals surface area contributed by atoms with E-state index < -0.39 is 0 Å². The van der Waals surface area contributed by atoms with E-state index in [0.29, 0.717) is 29.5 Å². The number of ether oxygens (including phenoxy) is 2. The summed E-state index contributed by atoms with van der Waals surface area (Å²) in [6.45, 7) is 2.15. The highest BCUT2D eigenvalue weighted by Gasteiger charge is 2.26. The largest absolute Gasteiger partial charge is 0.493 e. The lowest BCUT2D eigenvalue weighted by Crippen LogP contribution is -2.29. The second kappa shape index (κ2) is 7.36. The summed E-state index contributed by atoms with van der Waals surface area (Å²) in [5.41, 5.74) is 6.26. The fourth-order valence-electron chi connectivity index (χ4n) is 2.36. The molecule has 1 aliphatic heterocycles. The number of likely N-dealkylation sites (tertiary alicyclic amines) is 1. The van der Waals surface area contributed by atoms with Crippen molar-refractivity contribution in [1.29, 1.82) is 0 Å². The fraction of sp³-hybridized carbons (Fsp3) is 0.500. The van der Waals surface area contributed by atoms with Crippen molar-refractivity contribution in [1.82, 2.24) is 4.90 Å². The van der Waals surface area contributed by atoms with Crippen LogP contribution in [0.15, 0.2) is 18.2 Å². The Morgan fingerprint density at radius 1 is 1.35 bits per heavy atom. The summed E-state index contributed by atoms with van der Waals surface area (Å²) < 4.78 is 10.4. The molecule has 1 fully saturated rings. The van der Waals surface area contributed by atoms with Gasteiger partial charge in [0.2, 0.25) is 0 Å². The van der Waals surface area contributed by atoms with Gasteiger partial charge < -0.3 is 20.1 Å². The molecule has 1 saturated heterocycles. The van der Waals surface area contributed by atoms with Gasteiger partial charge in [0, 0.05) is 18.7 Å². The average molecular weight is 301 g/mol. The van der Waals surface area contributed by atoms with Crippen LogP contribution in [0.5, 0.6) is 11.5 Å². The summed E-state index contributed by atoms with van der Waals surface area (Å²) in [6.07, 6.45) is 0.982. The Hall–Kier alpha value is -1.46. The van der Waals surface area contributed by atoms with Crippen LogP contribution in [0.1, 0.15) is 16.8 Å². The van der Waals surface area contributed by atoms with Gasteiger partial charge in [0.25, 0.3) is 5.91 Å². The van der Waals surface area contributed by atoms with Crippen molar-refractivity contribution in [2.45, 2.75) is 6.42 Å². The normalized spacial score (nSPS) is 17.6. The Kier molecular flexibility index (Phi) is 6.10. The van der Waals surface area contributed by atoms with Gasteiger partial charge in [-0.05, 0) is 37.1 Å². The molecule has 2 rings (SSSR count). The van der Waals surface area contributed by atoms with Gasteiger partial charge >= 0.3 is 0 Å². The molecule has 6 heteroatoms. The maximum absolute atomic E-state index is 12.4. The third-order valence-electron chi connectivity index (χ3n) is 3.54. The average Bonchev–Trinajstić information content (AvgIpc) is 2.94. The summed E-state index contributed by atoms with van der Waals surface area (Å²) in [6, 6.07) is 5.24. The summed E-state index contributed by atoms with van der Waals surface area (Å²) in [4.78, 5) is 14.2. The number of nitrogens with two attached hydrogens (primary N) is 1. The number of methoxy groups -OCH3 is 2. The molecule has 0 aliphatic carbocycles. The second-order valence-electron chi connectivity index (χ2n) is 4.71. The molecule has 0 aromatic heterocycles. The maximum atomic E-state index is 12.4. The van der Waals surface area contributed by atoms with Crippen molar-refractivity contribution in [3.63, 3.8) is 0 Å². The number of hydrogen-bond acceptors (Lipinski definition) is 4. The monoisotopic (exact) mass is 300 g/mol. The van der Waals surface area contributed by atoms with E-state index in [9.17, 15) is 4.79 Å². The second-order valence-corrected chi connectivity index (χ2v) is 4.71. The number of nitrogens with zero attached hydrogens (tertiary/aromatic N) is 1. The van der Waals surface area contributed by atoms with Gasteiger partial charge in [0.1, 0.15) is 0 Å². The van der Waals surface area contributed by atoms with Crippen molar-refractivity contribution < 1.29 is 14.3 Å². The van der Waals surface area contributed by atoms with E-state index in [1.54, 1.807) is 32.4 Å². The molecule has 1 aliphatic rings. The lowest BCUT2D eigenvalue weighted by Gasteiger charge is -2.17. The minimum Gasteiger partial charge on any atom is -0.493 e. The van der Waals surface area contributed by atoms with Crippen LogP contribution < -0.4 is 15.2 Å². The Labute approximate surface area is 125 Å². The Balaban J connectivity index is 0.00000200. The Morgan fingerprint density at radius 2 is 2.05 bits per heavy atom. The molecule has 0 bridgehead atoms. The van der Waals surface area contributed by atoms with E-state index in [1.807, 2.05) is 4.90 Å². The maximum Gasteiger partial charge on any atom is 0.254 e. The van der Waals surface area contributed by atoms with E-state index in [0.717, 1.165) is 19.5 Å². The highest BCUT2D eigenvalue weighted by Crippen LogP contribution is 2.28. The van der Waals surface area contributed by atoms with Crippen LogP contribution in [-0.4, -0.2) is 44.7 Å². The molecule has 0 spiro atoms. The first-order chi connectivity index (χ1) is 9.19. The van der Waals surface area contributed by atoms with Crippen LogP contribution in [-0.2, 0) is 0 Å². The van der Waals surface area contributed by atoms with Gasteiger partial charge in [0.05, 0.1) is 14.2 Å². The predicted molar refractivity (Wildman–Crippen MR) is 79.9 cm³/mol. The molecule has 5 nitrogen and oxygen atoms in total. The fourth-order valence-corrected chi connectivity index (χ4v) is 2.36. The van der Waals surface area contributed by atoms with Gasteiger partial charge in [-0.3, -0.25) is 4.79 Å². The minimum atomic E-state index is 0. The van der Waals surface area contributed by atoms with E-state index in [2.05, 4.69) is 0 Å². The smallest absolute Gasteiger partial charge is 0.254 e. The zero-order chi connectivity index (χ0) is 13.8. The lowest BCUT2D eigenvalue weighted by atomic mass is 10.1. The molecule has 2 N–H and O–H groups in total. The number of carbonyl (C=O) groups is 1. The standard InChI is InChI=1S/C14H20N2O3.ClH/c1-18-12-4-3-11(7-13(12)19-2)14(17)16-6-5-10(8-15)9-16;/h3-4,7,10H,5-6,8-9,15H2,1-2H3;1H. The molecule has 112 valence electrons. The molecular weight excluding hydrogens is 280 g/mol. The number of benzene rings is 1. The van der Waals surface area contributed by atoms with Crippen molar-refractivity contribution in [3.8, 4) is 11.5 Å². The van der Waals surface area contributed by atoms with Gasteiger partial charge in [-0.1, -0.05) is 0 Å². The molecule has 1 aromatic carbocycles. The third kappa shape index (κ3) is 3.35. The molecule has 1 unspecified atom stereocenters. The number of amides is 1. The van der Waals surface area contributed by atoms with Crippen LogP contribution in [0.4, 0.5) is 0 Å². The van der Waals surface area contributed by atoms with Gasteiger partial charge in [-0.15, -0.1) is 12.4 Å². The van der Waals surface area contributed by atoms with Crippen LogP contribution in [0, 0.1) is 5.92 Å². The molecule has 1 atom stereocenters. The number of carbonyl (C=O) groups excluding carboxylic acids is 1. The first-order valence-electron chi connectivity index (χ1n) is 6.41. The lowest BCUT2D eigenvalue weighted by molar-refractivity contribution is 0.0787. The quantitative estimate of drug-likeness (QED) is 0.916. The van der Waals surface area contributed by atoms with E-state index in [4.69, 9.17) is 15.2 Å². The molecule has 1 aromatic rings. The van der Waals surface area contributed by atoms with Gasteiger partial charge in [-0.25, -0.2) is 0 Å². The zero-order valence-corrected chi connectivity index (χ0v) is 12.6. The predicted octanol–water partition coefficient (Wildman–Crippen LogP) is 1.55. The van der Waals surface area contributed by atoms with Crippen LogP contribution in [0.2, 0.25) is 0 Å². The number of rotatable bonds is 4. The van der Waals surface area contributed by atoms with Gasteiger partial charge in [-0.2, -0.15) is 0 Å². The van der Waals surface area contributed by atoms with Crippen LogP contribution in [0.3, 0.4) is 0 Å². The molecular formula is C14H21ClN2O3.